The molecule has 0 atom stereocenters. The fourth-order valence-corrected chi connectivity index (χ4v) is 2.32. The Hall–Kier alpha value is -1.40. The van der Waals surface area contributed by atoms with E-state index in [-0.39, 0.29) is 36.3 Å². The average Bonchev–Trinajstić information content (AvgIpc) is 2.64. The van der Waals surface area contributed by atoms with Crippen LogP contribution < -0.4 is 20.1 Å². The van der Waals surface area contributed by atoms with Crippen LogP contribution in [0.4, 0.5) is 8.78 Å². The van der Waals surface area contributed by atoms with Crippen molar-refractivity contribution in [2.75, 3.05) is 54.1 Å². The number of aliphatic imine (C=N–C) groups is 1. The number of benzene rings is 1. The molecule has 0 unspecified atom stereocenters. The van der Waals surface area contributed by atoms with Crippen LogP contribution >= 0.6 is 24.0 Å². The molecule has 162 valence electrons. The number of guanidine groups is 1. The van der Waals surface area contributed by atoms with Gasteiger partial charge in [-0.3, -0.25) is 4.99 Å². The van der Waals surface area contributed by atoms with Crippen molar-refractivity contribution in [3.63, 3.8) is 0 Å². The predicted octanol–water partition coefficient (Wildman–Crippen LogP) is 2.55. The first-order valence-electron chi connectivity index (χ1n) is 8.83. The Balaban J connectivity index is 0.00000729. The molecule has 0 fully saturated rings. The first-order valence-corrected chi connectivity index (χ1v) is 8.83. The molecule has 0 aliphatic heterocycles. The third-order valence-electron chi connectivity index (χ3n) is 3.70. The highest BCUT2D eigenvalue weighted by atomic mass is 127. The number of likely N-dealkylation sites (N-methyl/N-ethyl adjacent to an activating group) is 1. The fraction of sp³-hybridized carbons (Fsp3) is 0.611. The number of rotatable bonds is 12. The van der Waals surface area contributed by atoms with E-state index in [1.165, 1.54) is 0 Å². The molecule has 1 rings (SSSR count). The number of para-hydroxylation sites is 1. The smallest absolute Gasteiger partial charge is 0.387 e. The van der Waals surface area contributed by atoms with Gasteiger partial charge in [-0.15, -0.1) is 24.0 Å². The standard InChI is InChI=1S/C18H30F2N4O3.HI/c1-5-26-15-8-6-7-14(16(15)27-17(19)20)13-23-18(21-2)22-9-10-24(3)11-12-25-4;/h6-8,17H,5,9-13H2,1-4H3,(H2,21,22,23);1H. The Kier molecular flexibility index (Phi) is 14.7. The van der Waals surface area contributed by atoms with Crippen molar-refractivity contribution >= 4 is 29.9 Å². The Morgan fingerprint density at radius 3 is 2.61 bits per heavy atom. The molecule has 0 spiro atoms. The van der Waals surface area contributed by atoms with E-state index < -0.39 is 6.61 Å². The number of halogens is 3. The third kappa shape index (κ3) is 10.2. The molecular formula is C18H31F2IN4O3. The summed E-state index contributed by atoms with van der Waals surface area (Å²) in [5.41, 5.74) is 0.557. The first kappa shape index (κ1) is 26.6. The monoisotopic (exact) mass is 516 g/mol. The van der Waals surface area contributed by atoms with Gasteiger partial charge in [-0.05, 0) is 20.0 Å². The Bertz CT molecular complexity index is 580. The molecule has 0 bridgehead atoms. The van der Waals surface area contributed by atoms with Crippen LogP contribution in [0.3, 0.4) is 0 Å². The molecule has 0 radical (unpaired) electrons. The van der Waals surface area contributed by atoms with E-state index in [4.69, 9.17) is 9.47 Å². The van der Waals surface area contributed by atoms with Gasteiger partial charge in [-0.25, -0.2) is 0 Å². The van der Waals surface area contributed by atoms with Crippen molar-refractivity contribution in [3.8, 4) is 11.5 Å². The second-order valence-corrected chi connectivity index (χ2v) is 5.70. The lowest BCUT2D eigenvalue weighted by molar-refractivity contribution is -0.0520. The summed E-state index contributed by atoms with van der Waals surface area (Å²) >= 11 is 0. The summed E-state index contributed by atoms with van der Waals surface area (Å²) in [6.45, 7) is 2.48. The van der Waals surface area contributed by atoms with Gasteiger partial charge in [0.1, 0.15) is 0 Å². The van der Waals surface area contributed by atoms with Crippen molar-refractivity contribution in [2.45, 2.75) is 20.1 Å². The quantitative estimate of drug-likeness (QED) is 0.253. The van der Waals surface area contributed by atoms with Crippen molar-refractivity contribution in [1.29, 1.82) is 0 Å². The summed E-state index contributed by atoms with van der Waals surface area (Å²) in [6, 6.07) is 5.05. The lowest BCUT2D eigenvalue weighted by Gasteiger charge is -2.19. The summed E-state index contributed by atoms with van der Waals surface area (Å²) in [6.07, 6.45) is 0. The summed E-state index contributed by atoms with van der Waals surface area (Å²) < 4.78 is 40.6. The molecule has 10 heteroatoms. The van der Waals surface area contributed by atoms with Crippen LogP contribution in [0.2, 0.25) is 0 Å². The molecule has 28 heavy (non-hydrogen) atoms. The van der Waals surface area contributed by atoms with Crippen molar-refractivity contribution in [3.05, 3.63) is 23.8 Å². The summed E-state index contributed by atoms with van der Waals surface area (Å²) in [7, 11) is 5.33. The topological polar surface area (TPSA) is 67.4 Å². The van der Waals surface area contributed by atoms with Gasteiger partial charge < -0.3 is 29.7 Å². The molecule has 0 aliphatic rings. The molecule has 0 saturated heterocycles. The van der Waals surface area contributed by atoms with Crippen LogP contribution in [-0.4, -0.2) is 71.5 Å². The molecular weight excluding hydrogens is 485 g/mol. The van der Waals surface area contributed by atoms with Crippen LogP contribution in [-0.2, 0) is 11.3 Å². The molecule has 1 aromatic carbocycles. The van der Waals surface area contributed by atoms with Gasteiger partial charge in [-0.1, -0.05) is 12.1 Å². The molecule has 1 aromatic rings. The molecule has 0 aromatic heterocycles. The van der Waals surface area contributed by atoms with Gasteiger partial charge in [0, 0.05) is 45.9 Å². The van der Waals surface area contributed by atoms with Crippen molar-refractivity contribution < 1.29 is 23.0 Å². The minimum absolute atomic E-state index is 0. The largest absolute Gasteiger partial charge is 0.490 e. The normalized spacial score (nSPS) is 11.4. The number of hydrogen-bond acceptors (Lipinski definition) is 5. The number of alkyl halides is 2. The summed E-state index contributed by atoms with van der Waals surface area (Å²) in [4.78, 5) is 6.27. The van der Waals surface area contributed by atoms with Crippen LogP contribution in [0.25, 0.3) is 0 Å². The Morgan fingerprint density at radius 2 is 2.00 bits per heavy atom. The van der Waals surface area contributed by atoms with Gasteiger partial charge >= 0.3 is 6.61 Å². The van der Waals surface area contributed by atoms with Crippen LogP contribution in [0.15, 0.2) is 23.2 Å². The molecule has 0 heterocycles. The molecule has 0 saturated carbocycles. The number of hydrogen-bond donors (Lipinski definition) is 2. The first-order chi connectivity index (χ1) is 13.0. The van der Waals surface area contributed by atoms with E-state index in [1.54, 1.807) is 39.3 Å². The third-order valence-corrected chi connectivity index (χ3v) is 3.70. The van der Waals surface area contributed by atoms with Gasteiger partial charge in [0.2, 0.25) is 0 Å². The van der Waals surface area contributed by atoms with E-state index in [0.717, 1.165) is 13.1 Å². The number of ether oxygens (including phenoxy) is 3. The highest BCUT2D eigenvalue weighted by molar-refractivity contribution is 14.0. The summed E-state index contributed by atoms with van der Waals surface area (Å²) in [5.74, 6) is 0.899. The zero-order chi connectivity index (χ0) is 20.1. The Morgan fingerprint density at radius 1 is 1.25 bits per heavy atom. The van der Waals surface area contributed by atoms with Crippen LogP contribution in [0, 0.1) is 0 Å². The van der Waals surface area contributed by atoms with Gasteiger partial charge in [0.15, 0.2) is 17.5 Å². The SMILES string of the molecule is CCOc1cccc(CNC(=NC)NCCN(C)CCOC)c1OC(F)F.I. The minimum atomic E-state index is -2.93. The second-order valence-electron chi connectivity index (χ2n) is 5.70. The molecule has 0 amide bonds. The predicted molar refractivity (Wildman–Crippen MR) is 117 cm³/mol. The summed E-state index contributed by atoms with van der Waals surface area (Å²) in [5, 5.41) is 6.28. The van der Waals surface area contributed by atoms with Crippen molar-refractivity contribution in [1.82, 2.24) is 15.5 Å². The number of methoxy groups -OCH3 is 1. The lowest BCUT2D eigenvalue weighted by Crippen LogP contribution is -2.41. The molecule has 2 N–H and O–H groups in total. The van der Waals surface area contributed by atoms with Crippen molar-refractivity contribution in [2.24, 2.45) is 4.99 Å². The highest BCUT2D eigenvalue weighted by Gasteiger charge is 2.16. The van der Waals surface area contributed by atoms with E-state index in [0.29, 0.717) is 37.0 Å². The molecule has 0 aliphatic carbocycles. The van der Waals surface area contributed by atoms with E-state index in [2.05, 4.69) is 25.3 Å². The minimum Gasteiger partial charge on any atom is -0.490 e. The zero-order valence-corrected chi connectivity index (χ0v) is 19.2. The van der Waals surface area contributed by atoms with Gasteiger partial charge in [-0.2, -0.15) is 8.78 Å². The maximum Gasteiger partial charge on any atom is 0.387 e. The number of nitrogens with zero attached hydrogens (tertiary/aromatic N) is 2. The molecule has 7 nitrogen and oxygen atoms in total. The lowest BCUT2D eigenvalue weighted by atomic mass is 10.2. The van der Waals surface area contributed by atoms with E-state index in [9.17, 15) is 8.78 Å². The van der Waals surface area contributed by atoms with Crippen LogP contribution in [0.5, 0.6) is 11.5 Å². The maximum absolute atomic E-state index is 12.8. The average molecular weight is 516 g/mol. The zero-order valence-electron chi connectivity index (χ0n) is 16.8. The second kappa shape index (κ2) is 15.5. The van der Waals surface area contributed by atoms with E-state index >= 15 is 0 Å². The van der Waals surface area contributed by atoms with Gasteiger partial charge in [0.05, 0.1) is 13.2 Å². The van der Waals surface area contributed by atoms with Gasteiger partial charge in [0.25, 0.3) is 0 Å². The number of nitrogens with one attached hydrogen (secondary N) is 2. The highest BCUT2D eigenvalue weighted by Crippen LogP contribution is 2.32. The maximum atomic E-state index is 12.8. The van der Waals surface area contributed by atoms with E-state index in [1.807, 2.05) is 7.05 Å². The fourth-order valence-electron chi connectivity index (χ4n) is 2.32. The Labute approximate surface area is 182 Å². The van der Waals surface area contributed by atoms with Crippen LogP contribution in [0.1, 0.15) is 12.5 Å².